The van der Waals surface area contributed by atoms with E-state index in [0.29, 0.717) is 10.9 Å². The van der Waals surface area contributed by atoms with Crippen LogP contribution in [0.2, 0.25) is 5.15 Å². The van der Waals surface area contributed by atoms with Gasteiger partial charge in [0.2, 0.25) is 0 Å². The first-order valence-electron chi connectivity index (χ1n) is 3.25. The molecule has 0 aliphatic carbocycles. The lowest BCUT2D eigenvalue weighted by molar-refractivity contribution is 0.150. The van der Waals surface area contributed by atoms with Gasteiger partial charge in [-0.15, -0.1) is 0 Å². The van der Waals surface area contributed by atoms with Crippen LogP contribution in [0, 0.1) is 0 Å². The van der Waals surface area contributed by atoms with Gasteiger partial charge in [-0.2, -0.15) is 0 Å². The monoisotopic (exact) mass is 333 g/mol. The SMILES string of the molecule is FC(F)c1cc(CBr)c(Cl)nc1Br. The van der Waals surface area contributed by atoms with E-state index in [1.54, 1.807) is 0 Å². The highest BCUT2D eigenvalue weighted by molar-refractivity contribution is 9.10. The van der Waals surface area contributed by atoms with E-state index >= 15 is 0 Å². The molecular weight excluding hydrogens is 331 g/mol. The highest BCUT2D eigenvalue weighted by atomic mass is 79.9. The highest BCUT2D eigenvalue weighted by Gasteiger charge is 2.15. The summed E-state index contributed by atoms with van der Waals surface area (Å²) in [6, 6.07) is 1.33. The second-order valence-corrected chi connectivity index (χ2v) is 3.92. The van der Waals surface area contributed by atoms with Crippen LogP contribution in [0.25, 0.3) is 0 Å². The zero-order chi connectivity index (χ0) is 10.0. The molecule has 1 heterocycles. The summed E-state index contributed by atoms with van der Waals surface area (Å²) in [6.07, 6.45) is -2.54. The van der Waals surface area contributed by atoms with Crippen LogP contribution in [0.15, 0.2) is 10.7 Å². The molecule has 0 aliphatic heterocycles. The molecule has 72 valence electrons. The average molecular weight is 335 g/mol. The van der Waals surface area contributed by atoms with Crippen molar-refractivity contribution >= 4 is 43.5 Å². The molecule has 0 saturated heterocycles. The van der Waals surface area contributed by atoms with Gasteiger partial charge < -0.3 is 0 Å². The number of rotatable bonds is 2. The molecule has 0 saturated carbocycles. The van der Waals surface area contributed by atoms with E-state index in [4.69, 9.17) is 11.6 Å². The van der Waals surface area contributed by atoms with E-state index in [0.717, 1.165) is 0 Å². The number of pyridine rings is 1. The van der Waals surface area contributed by atoms with Crippen molar-refractivity contribution in [2.45, 2.75) is 11.8 Å². The molecular formula is C7H4Br2ClF2N. The van der Waals surface area contributed by atoms with E-state index in [9.17, 15) is 8.78 Å². The number of nitrogens with zero attached hydrogens (tertiary/aromatic N) is 1. The molecule has 1 aromatic heterocycles. The van der Waals surface area contributed by atoms with Crippen molar-refractivity contribution in [3.05, 3.63) is 26.9 Å². The van der Waals surface area contributed by atoms with Gasteiger partial charge in [-0.05, 0) is 22.0 Å². The largest absolute Gasteiger partial charge is 0.266 e. The van der Waals surface area contributed by atoms with Crippen molar-refractivity contribution in [1.29, 1.82) is 0 Å². The Morgan fingerprint density at radius 2 is 2.15 bits per heavy atom. The fraction of sp³-hybridized carbons (Fsp3) is 0.286. The van der Waals surface area contributed by atoms with Crippen molar-refractivity contribution in [3.63, 3.8) is 0 Å². The molecule has 0 amide bonds. The zero-order valence-electron chi connectivity index (χ0n) is 6.20. The summed E-state index contributed by atoms with van der Waals surface area (Å²) in [7, 11) is 0. The van der Waals surface area contributed by atoms with Gasteiger partial charge in [-0.25, -0.2) is 13.8 Å². The van der Waals surface area contributed by atoms with Gasteiger partial charge in [0.1, 0.15) is 9.76 Å². The summed E-state index contributed by atoms with van der Waals surface area (Å²) >= 11 is 11.7. The van der Waals surface area contributed by atoms with Gasteiger partial charge in [-0.3, -0.25) is 0 Å². The van der Waals surface area contributed by atoms with E-state index in [1.165, 1.54) is 6.07 Å². The summed E-state index contributed by atoms with van der Waals surface area (Å²) in [6.45, 7) is 0. The molecule has 1 aromatic rings. The Labute approximate surface area is 95.8 Å². The molecule has 6 heteroatoms. The van der Waals surface area contributed by atoms with Crippen molar-refractivity contribution in [2.75, 3.05) is 0 Å². The van der Waals surface area contributed by atoms with E-state index in [-0.39, 0.29) is 15.3 Å². The van der Waals surface area contributed by atoms with Crippen molar-refractivity contribution in [2.24, 2.45) is 0 Å². The molecule has 1 nitrogen and oxygen atoms in total. The lowest BCUT2D eigenvalue weighted by Crippen LogP contribution is -1.94. The molecule has 0 N–H and O–H groups in total. The standard InChI is InChI=1S/C7H4Br2ClF2N/c8-2-3-1-4(7(11)12)5(9)13-6(3)10/h1,7H,2H2. The Bertz CT molecular complexity index is 320. The van der Waals surface area contributed by atoms with Crippen molar-refractivity contribution in [3.8, 4) is 0 Å². The maximum atomic E-state index is 12.3. The van der Waals surface area contributed by atoms with Crippen LogP contribution >= 0.6 is 43.5 Å². The van der Waals surface area contributed by atoms with Crippen molar-refractivity contribution in [1.82, 2.24) is 4.98 Å². The van der Waals surface area contributed by atoms with Gasteiger partial charge in [0.05, 0.1) is 5.56 Å². The lowest BCUT2D eigenvalue weighted by Gasteiger charge is -2.06. The number of halogens is 5. The first-order chi connectivity index (χ1) is 6.06. The number of hydrogen-bond donors (Lipinski definition) is 0. The van der Waals surface area contributed by atoms with Crippen molar-refractivity contribution < 1.29 is 8.78 Å². The normalized spacial score (nSPS) is 10.9. The topological polar surface area (TPSA) is 12.9 Å². The number of hydrogen-bond acceptors (Lipinski definition) is 1. The van der Waals surface area contributed by atoms with Gasteiger partial charge >= 0.3 is 0 Å². The second-order valence-electron chi connectivity index (χ2n) is 2.25. The Morgan fingerprint density at radius 3 is 2.62 bits per heavy atom. The molecule has 0 spiro atoms. The number of alkyl halides is 3. The third-order valence-electron chi connectivity index (χ3n) is 1.41. The summed E-state index contributed by atoms with van der Waals surface area (Å²) < 4.78 is 24.8. The van der Waals surface area contributed by atoms with Gasteiger partial charge in [0.25, 0.3) is 6.43 Å². The van der Waals surface area contributed by atoms with Gasteiger partial charge in [-0.1, -0.05) is 27.5 Å². The number of aromatic nitrogens is 1. The third-order valence-corrected chi connectivity index (χ3v) is 2.97. The van der Waals surface area contributed by atoms with E-state index in [1.807, 2.05) is 0 Å². The maximum Gasteiger partial charge on any atom is 0.266 e. The molecule has 0 fully saturated rings. The highest BCUT2D eigenvalue weighted by Crippen LogP contribution is 2.30. The Morgan fingerprint density at radius 1 is 1.54 bits per heavy atom. The fourth-order valence-corrected chi connectivity index (χ4v) is 2.14. The minimum Gasteiger partial charge on any atom is -0.228 e. The second kappa shape index (κ2) is 4.66. The first-order valence-corrected chi connectivity index (χ1v) is 5.54. The van der Waals surface area contributed by atoms with Crippen LogP contribution in [0.3, 0.4) is 0 Å². The van der Waals surface area contributed by atoms with Crippen LogP contribution in [-0.2, 0) is 5.33 Å². The van der Waals surface area contributed by atoms with Crippen LogP contribution in [0.1, 0.15) is 17.6 Å². The smallest absolute Gasteiger partial charge is 0.228 e. The first kappa shape index (κ1) is 11.3. The predicted octanol–water partition coefficient (Wildman–Crippen LogP) is 4.33. The summed E-state index contributed by atoms with van der Waals surface area (Å²) in [5.41, 5.74) is 0.416. The Hall–Kier alpha value is 0.260. The summed E-state index contributed by atoms with van der Waals surface area (Å²) in [5.74, 6) is 0. The van der Waals surface area contributed by atoms with Gasteiger partial charge in [0.15, 0.2) is 0 Å². The zero-order valence-corrected chi connectivity index (χ0v) is 10.1. The molecule has 1 rings (SSSR count). The predicted molar refractivity (Wildman–Crippen MR) is 54.5 cm³/mol. The van der Waals surface area contributed by atoms with Gasteiger partial charge in [0, 0.05) is 10.9 Å². The molecule has 0 aliphatic rings. The van der Waals surface area contributed by atoms with Crippen LogP contribution < -0.4 is 0 Å². The quantitative estimate of drug-likeness (QED) is 0.579. The Balaban J connectivity index is 3.22. The van der Waals surface area contributed by atoms with E-state index in [2.05, 4.69) is 36.8 Å². The molecule has 0 bridgehead atoms. The minimum absolute atomic E-state index is 0.0946. The van der Waals surface area contributed by atoms with E-state index < -0.39 is 6.43 Å². The fourth-order valence-electron chi connectivity index (χ4n) is 0.776. The molecule has 0 atom stereocenters. The summed E-state index contributed by atoms with van der Waals surface area (Å²) in [4.78, 5) is 3.74. The molecule has 0 unspecified atom stereocenters. The Kier molecular flexibility index (Phi) is 4.06. The maximum absolute atomic E-state index is 12.3. The van der Waals surface area contributed by atoms with Crippen LogP contribution in [0.5, 0.6) is 0 Å². The molecule has 0 radical (unpaired) electrons. The molecule has 13 heavy (non-hydrogen) atoms. The average Bonchev–Trinajstić information content (AvgIpc) is 2.03. The summed E-state index contributed by atoms with van der Waals surface area (Å²) in [5, 5.41) is 0.638. The lowest BCUT2D eigenvalue weighted by atomic mass is 10.2. The molecule has 0 aromatic carbocycles. The third kappa shape index (κ3) is 2.60. The van der Waals surface area contributed by atoms with Crippen LogP contribution in [0.4, 0.5) is 8.78 Å². The van der Waals surface area contributed by atoms with Crippen LogP contribution in [-0.4, -0.2) is 4.98 Å². The minimum atomic E-state index is -2.54.